The summed E-state index contributed by atoms with van der Waals surface area (Å²) in [6.07, 6.45) is 9.45. The minimum Gasteiger partial charge on any atom is -0.479 e. The van der Waals surface area contributed by atoms with Gasteiger partial charge >= 0.3 is 0 Å². The Hall–Kier alpha value is -3.62. The first-order valence-electron chi connectivity index (χ1n) is 10.5. The number of hydrogen-bond acceptors (Lipinski definition) is 6. The Morgan fingerprint density at radius 3 is 2.65 bits per heavy atom. The maximum Gasteiger partial charge on any atom is 0.244 e. The van der Waals surface area contributed by atoms with Gasteiger partial charge in [-0.05, 0) is 55.5 Å². The number of methoxy groups -OCH3 is 1. The van der Waals surface area contributed by atoms with E-state index >= 15 is 0 Å². The lowest BCUT2D eigenvalue weighted by atomic mass is 9.91. The molecule has 1 aliphatic rings. The normalized spacial score (nSPS) is 18.9. The number of anilines is 1. The van der Waals surface area contributed by atoms with Crippen LogP contribution in [0.5, 0.6) is 5.88 Å². The zero-order chi connectivity index (χ0) is 21.4. The van der Waals surface area contributed by atoms with Crippen molar-refractivity contribution in [1.29, 1.82) is 0 Å². The first kappa shape index (κ1) is 19.3. The predicted molar refractivity (Wildman–Crippen MR) is 117 cm³/mol. The first-order chi connectivity index (χ1) is 15.1. The molecule has 0 aliphatic heterocycles. The SMILES string of the molecule is COc1nc(NC2CCC(NC(C)=O)CC2)nn2ccc(-c3ccn4nccc4c3)c12. The van der Waals surface area contributed by atoms with Crippen molar-refractivity contribution in [2.45, 2.75) is 44.7 Å². The smallest absolute Gasteiger partial charge is 0.244 e. The molecule has 0 atom stereocenters. The number of carbonyl (C=O) groups is 1. The minimum atomic E-state index is 0.0331. The van der Waals surface area contributed by atoms with Crippen LogP contribution in [0.3, 0.4) is 0 Å². The number of amides is 1. The Labute approximate surface area is 179 Å². The molecule has 1 saturated carbocycles. The Balaban J connectivity index is 1.40. The maximum atomic E-state index is 11.3. The van der Waals surface area contributed by atoms with Gasteiger partial charge < -0.3 is 15.4 Å². The van der Waals surface area contributed by atoms with Crippen molar-refractivity contribution < 1.29 is 9.53 Å². The van der Waals surface area contributed by atoms with Crippen LogP contribution in [0.1, 0.15) is 32.6 Å². The Morgan fingerprint density at radius 2 is 1.87 bits per heavy atom. The highest BCUT2D eigenvalue weighted by Crippen LogP contribution is 2.32. The van der Waals surface area contributed by atoms with Crippen LogP contribution in [0, 0.1) is 0 Å². The van der Waals surface area contributed by atoms with E-state index in [0.29, 0.717) is 11.8 Å². The van der Waals surface area contributed by atoms with Crippen molar-refractivity contribution in [3.63, 3.8) is 0 Å². The van der Waals surface area contributed by atoms with E-state index < -0.39 is 0 Å². The first-order valence-corrected chi connectivity index (χ1v) is 10.5. The molecule has 2 N–H and O–H groups in total. The van der Waals surface area contributed by atoms with E-state index in [4.69, 9.17) is 4.74 Å². The molecule has 0 saturated heterocycles. The van der Waals surface area contributed by atoms with E-state index in [1.807, 2.05) is 39.6 Å². The summed E-state index contributed by atoms with van der Waals surface area (Å²) in [6, 6.07) is 8.63. The number of fused-ring (bicyclic) bond motifs is 2. The average molecular weight is 419 g/mol. The maximum absolute atomic E-state index is 11.3. The second kappa shape index (κ2) is 7.90. The standard InChI is InChI=1S/C22H25N7O2/c1-14(30)24-16-3-5-17(6-4-16)25-22-26-21(31-2)20-19(9-12-29(20)27-22)15-8-11-28-18(13-15)7-10-23-28/h7-13,16-17H,3-6H2,1-2H3,(H,24,30)(H,25,27). The van der Waals surface area contributed by atoms with Crippen molar-refractivity contribution >= 4 is 22.9 Å². The second-order valence-corrected chi connectivity index (χ2v) is 7.98. The number of pyridine rings is 1. The molecule has 4 heterocycles. The van der Waals surface area contributed by atoms with Gasteiger partial charge in [-0.15, -0.1) is 5.10 Å². The van der Waals surface area contributed by atoms with Gasteiger partial charge in [0.05, 0.1) is 12.6 Å². The quantitative estimate of drug-likeness (QED) is 0.516. The zero-order valence-electron chi connectivity index (χ0n) is 17.6. The Morgan fingerprint density at radius 1 is 1.10 bits per heavy atom. The average Bonchev–Trinajstić information content (AvgIpc) is 3.40. The van der Waals surface area contributed by atoms with Gasteiger partial charge in [-0.3, -0.25) is 4.79 Å². The zero-order valence-corrected chi connectivity index (χ0v) is 17.6. The van der Waals surface area contributed by atoms with Gasteiger partial charge in [0.2, 0.25) is 17.7 Å². The molecule has 0 radical (unpaired) electrons. The summed E-state index contributed by atoms with van der Waals surface area (Å²) in [4.78, 5) is 15.9. The highest BCUT2D eigenvalue weighted by atomic mass is 16.5. The second-order valence-electron chi connectivity index (χ2n) is 7.98. The van der Waals surface area contributed by atoms with Gasteiger partial charge in [-0.25, -0.2) is 9.03 Å². The van der Waals surface area contributed by atoms with Crippen molar-refractivity contribution in [1.82, 2.24) is 29.5 Å². The third kappa shape index (κ3) is 3.78. The van der Waals surface area contributed by atoms with E-state index in [0.717, 1.165) is 47.8 Å². The van der Waals surface area contributed by atoms with Crippen LogP contribution in [-0.2, 0) is 4.79 Å². The molecule has 0 unspecified atom stereocenters. The van der Waals surface area contributed by atoms with Crippen LogP contribution in [0.25, 0.3) is 22.2 Å². The summed E-state index contributed by atoms with van der Waals surface area (Å²) in [5.74, 6) is 1.10. The lowest BCUT2D eigenvalue weighted by Crippen LogP contribution is -2.39. The molecule has 4 aromatic rings. The molecule has 1 aliphatic carbocycles. The molecular formula is C22H25N7O2. The number of hydrogen-bond donors (Lipinski definition) is 2. The third-order valence-electron chi connectivity index (χ3n) is 5.85. The fraction of sp³-hybridized carbons (Fsp3) is 0.364. The van der Waals surface area contributed by atoms with E-state index in [1.165, 1.54) is 0 Å². The van der Waals surface area contributed by atoms with Gasteiger partial charge in [0, 0.05) is 43.2 Å². The van der Waals surface area contributed by atoms with E-state index in [1.54, 1.807) is 20.2 Å². The summed E-state index contributed by atoms with van der Waals surface area (Å²) >= 11 is 0. The number of rotatable bonds is 5. The number of aromatic nitrogens is 5. The van der Waals surface area contributed by atoms with Crippen molar-refractivity contribution in [3.05, 3.63) is 42.9 Å². The molecule has 0 bridgehead atoms. The molecule has 0 spiro atoms. The van der Waals surface area contributed by atoms with Crippen molar-refractivity contribution in [2.24, 2.45) is 0 Å². The highest BCUT2D eigenvalue weighted by Gasteiger charge is 2.23. The van der Waals surface area contributed by atoms with Crippen LogP contribution in [0.2, 0.25) is 0 Å². The molecule has 160 valence electrons. The molecule has 1 amide bonds. The molecular weight excluding hydrogens is 394 g/mol. The number of nitrogens with one attached hydrogen (secondary N) is 2. The monoisotopic (exact) mass is 419 g/mol. The fourth-order valence-electron chi connectivity index (χ4n) is 4.37. The van der Waals surface area contributed by atoms with Crippen molar-refractivity contribution in [3.8, 4) is 17.0 Å². The predicted octanol–water partition coefficient (Wildman–Crippen LogP) is 2.91. The summed E-state index contributed by atoms with van der Waals surface area (Å²) in [5.41, 5.74) is 3.90. The summed E-state index contributed by atoms with van der Waals surface area (Å²) in [7, 11) is 1.63. The molecule has 5 rings (SSSR count). The Kier molecular flexibility index (Phi) is 4.93. The van der Waals surface area contributed by atoms with Gasteiger partial charge in [0.1, 0.15) is 5.52 Å². The minimum absolute atomic E-state index is 0.0331. The molecule has 1 fully saturated rings. The van der Waals surface area contributed by atoms with Gasteiger partial charge in [-0.1, -0.05) is 0 Å². The van der Waals surface area contributed by atoms with Crippen LogP contribution in [0.4, 0.5) is 5.95 Å². The molecule has 0 aromatic carbocycles. The number of carbonyl (C=O) groups excluding carboxylic acids is 1. The van der Waals surface area contributed by atoms with Crippen LogP contribution >= 0.6 is 0 Å². The summed E-state index contributed by atoms with van der Waals surface area (Å²) < 4.78 is 9.28. The lowest BCUT2D eigenvalue weighted by Gasteiger charge is -2.29. The Bertz CT molecular complexity index is 1240. The van der Waals surface area contributed by atoms with Crippen molar-refractivity contribution in [2.75, 3.05) is 12.4 Å². The topological polar surface area (TPSA) is 97.8 Å². The van der Waals surface area contributed by atoms with E-state index in [-0.39, 0.29) is 18.0 Å². The van der Waals surface area contributed by atoms with Crippen LogP contribution in [-0.4, -0.2) is 49.3 Å². The largest absolute Gasteiger partial charge is 0.479 e. The molecule has 31 heavy (non-hydrogen) atoms. The third-order valence-corrected chi connectivity index (χ3v) is 5.85. The van der Waals surface area contributed by atoms with Gasteiger partial charge in [-0.2, -0.15) is 10.1 Å². The summed E-state index contributed by atoms with van der Waals surface area (Å²) in [6.45, 7) is 1.57. The molecule has 4 aromatic heterocycles. The highest BCUT2D eigenvalue weighted by molar-refractivity contribution is 5.85. The molecule has 9 heteroatoms. The van der Waals surface area contributed by atoms with Crippen LogP contribution in [0.15, 0.2) is 42.9 Å². The molecule has 9 nitrogen and oxygen atoms in total. The number of ether oxygens (including phenoxy) is 1. The van der Waals surface area contributed by atoms with Gasteiger partial charge in [0.15, 0.2) is 0 Å². The fourth-order valence-corrected chi connectivity index (χ4v) is 4.37. The van der Waals surface area contributed by atoms with Crippen LogP contribution < -0.4 is 15.4 Å². The lowest BCUT2D eigenvalue weighted by molar-refractivity contribution is -0.119. The van der Waals surface area contributed by atoms with E-state index in [2.05, 4.69) is 31.9 Å². The number of nitrogens with zero attached hydrogens (tertiary/aromatic N) is 5. The van der Waals surface area contributed by atoms with Gasteiger partial charge in [0.25, 0.3) is 0 Å². The van der Waals surface area contributed by atoms with E-state index in [9.17, 15) is 4.79 Å². The summed E-state index contributed by atoms with van der Waals surface area (Å²) in [5, 5.41) is 15.4.